The van der Waals surface area contributed by atoms with Crippen LogP contribution in [-0.4, -0.2) is 59.4 Å². The van der Waals surface area contributed by atoms with E-state index in [0.29, 0.717) is 25.2 Å². The lowest BCUT2D eigenvalue weighted by Crippen LogP contribution is -2.19. The van der Waals surface area contributed by atoms with Gasteiger partial charge in [0.15, 0.2) is 0 Å². The van der Waals surface area contributed by atoms with Gasteiger partial charge < -0.3 is 25.0 Å². The number of aliphatic carboxylic acids is 2. The summed E-state index contributed by atoms with van der Waals surface area (Å²) in [5.41, 5.74) is 2.15. The van der Waals surface area contributed by atoms with E-state index in [2.05, 4.69) is 17.0 Å². The second kappa shape index (κ2) is 11.4. The molecule has 1 heterocycles. The highest BCUT2D eigenvalue weighted by Gasteiger charge is 2.23. The van der Waals surface area contributed by atoms with Crippen LogP contribution in [0, 0.1) is 0 Å². The Balaban J connectivity index is 0.000000343. The van der Waals surface area contributed by atoms with Crippen LogP contribution >= 0.6 is 11.8 Å². The molecule has 1 aliphatic heterocycles. The van der Waals surface area contributed by atoms with Crippen molar-refractivity contribution in [2.45, 2.75) is 22.3 Å². The molecule has 0 radical (unpaired) electrons. The van der Waals surface area contributed by atoms with Crippen LogP contribution in [0.25, 0.3) is 0 Å². The summed E-state index contributed by atoms with van der Waals surface area (Å²) in [6.07, 6.45) is 1.28. The van der Waals surface area contributed by atoms with Crippen molar-refractivity contribution in [2.24, 2.45) is 0 Å². The van der Waals surface area contributed by atoms with E-state index in [0.717, 1.165) is 22.8 Å². The number of ether oxygens (including phenoxy) is 1. The van der Waals surface area contributed by atoms with E-state index in [9.17, 15) is 14.7 Å². The highest BCUT2D eigenvalue weighted by Crippen LogP contribution is 2.45. The van der Waals surface area contributed by atoms with Crippen molar-refractivity contribution >= 4 is 23.7 Å². The maximum absolute atomic E-state index is 10.5. The standard InChI is InChI=1S/C18H21NO2S.C4H4O4/c1-19(2)10-11-21-16-8-5-7-14-15(20)12-13-6-3-4-9-17(13)22-18(14)16;5-3(6)1-2-4(7)8/h3-9,15,20H,10-12H2,1-2H3;1-2H,(H,5,6)(H,7,8)/b;2-1+. The molecule has 0 saturated heterocycles. The minimum Gasteiger partial charge on any atom is -0.491 e. The van der Waals surface area contributed by atoms with Crippen molar-refractivity contribution in [2.75, 3.05) is 27.2 Å². The van der Waals surface area contributed by atoms with Crippen molar-refractivity contribution in [3.63, 3.8) is 0 Å². The molecule has 0 amide bonds. The Hall–Kier alpha value is -2.81. The fourth-order valence-corrected chi connectivity index (χ4v) is 3.90. The lowest BCUT2D eigenvalue weighted by atomic mass is 10.0. The Morgan fingerprint density at radius 2 is 1.77 bits per heavy atom. The van der Waals surface area contributed by atoms with E-state index < -0.39 is 18.0 Å². The molecule has 3 rings (SSSR count). The van der Waals surface area contributed by atoms with Crippen molar-refractivity contribution in [3.05, 3.63) is 65.7 Å². The monoisotopic (exact) mass is 431 g/mol. The number of carboxylic acid groups (broad SMARTS) is 2. The third-order valence-electron chi connectivity index (χ3n) is 4.13. The fourth-order valence-electron chi connectivity index (χ4n) is 2.70. The molecule has 160 valence electrons. The van der Waals surface area contributed by atoms with Crippen LogP contribution in [0.1, 0.15) is 17.2 Å². The molecular weight excluding hydrogens is 406 g/mol. The van der Waals surface area contributed by atoms with Gasteiger partial charge in [0, 0.05) is 30.0 Å². The first kappa shape index (κ1) is 23.5. The molecule has 0 saturated carbocycles. The molecule has 1 atom stereocenters. The predicted molar refractivity (Wildman–Crippen MR) is 114 cm³/mol. The number of carbonyl (C=O) groups is 2. The molecule has 0 bridgehead atoms. The molecular formula is C22H25NO6S. The minimum absolute atomic E-state index is 0.483. The van der Waals surface area contributed by atoms with Crippen molar-refractivity contribution < 1.29 is 29.6 Å². The Morgan fingerprint density at radius 1 is 1.10 bits per heavy atom. The van der Waals surface area contributed by atoms with Gasteiger partial charge in [0.1, 0.15) is 12.4 Å². The summed E-state index contributed by atoms with van der Waals surface area (Å²) in [4.78, 5) is 23.4. The van der Waals surface area contributed by atoms with Gasteiger partial charge in [-0.2, -0.15) is 0 Å². The summed E-state index contributed by atoms with van der Waals surface area (Å²) < 4.78 is 5.96. The molecule has 0 aliphatic carbocycles. The zero-order chi connectivity index (χ0) is 22.1. The highest BCUT2D eigenvalue weighted by atomic mass is 32.2. The number of likely N-dealkylation sites (N-methyl/N-ethyl adjacent to an activating group) is 1. The largest absolute Gasteiger partial charge is 0.491 e. The second-order valence-electron chi connectivity index (χ2n) is 6.77. The summed E-state index contributed by atoms with van der Waals surface area (Å²) in [6, 6.07) is 14.2. The molecule has 7 nitrogen and oxygen atoms in total. The zero-order valence-corrected chi connectivity index (χ0v) is 17.6. The maximum atomic E-state index is 10.5. The number of nitrogens with zero attached hydrogens (tertiary/aromatic N) is 1. The van der Waals surface area contributed by atoms with E-state index in [1.807, 2.05) is 44.4 Å². The average Bonchev–Trinajstić information content (AvgIpc) is 2.83. The van der Waals surface area contributed by atoms with Gasteiger partial charge in [-0.3, -0.25) is 0 Å². The quantitative estimate of drug-likeness (QED) is 0.599. The van der Waals surface area contributed by atoms with Crippen LogP contribution in [0.3, 0.4) is 0 Å². The first-order chi connectivity index (χ1) is 14.3. The molecule has 0 fully saturated rings. The van der Waals surface area contributed by atoms with Crippen molar-refractivity contribution in [1.29, 1.82) is 0 Å². The number of aliphatic hydroxyl groups is 1. The number of carboxylic acids is 2. The highest BCUT2D eigenvalue weighted by molar-refractivity contribution is 7.99. The molecule has 0 spiro atoms. The van der Waals surface area contributed by atoms with Crippen LogP contribution in [0.5, 0.6) is 5.75 Å². The number of benzene rings is 2. The third-order valence-corrected chi connectivity index (χ3v) is 5.39. The van der Waals surface area contributed by atoms with Gasteiger partial charge >= 0.3 is 11.9 Å². The van der Waals surface area contributed by atoms with Crippen LogP contribution in [0.4, 0.5) is 0 Å². The van der Waals surface area contributed by atoms with Gasteiger partial charge in [-0.05, 0) is 37.4 Å². The fraction of sp³-hybridized carbons (Fsp3) is 0.273. The number of aliphatic hydroxyl groups excluding tert-OH is 1. The lowest BCUT2D eigenvalue weighted by molar-refractivity contribution is -0.134. The molecule has 1 aliphatic rings. The van der Waals surface area contributed by atoms with Crippen LogP contribution in [-0.2, 0) is 16.0 Å². The van der Waals surface area contributed by atoms with Crippen LogP contribution in [0.15, 0.2) is 64.4 Å². The number of hydrogen-bond acceptors (Lipinski definition) is 6. The smallest absolute Gasteiger partial charge is 0.328 e. The van der Waals surface area contributed by atoms with Crippen LogP contribution < -0.4 is 4.74 Å². The number of rotatable bonds is 6. The maximum Gasteiger partial charge on any atom is 0.328 e. The Bertz CT molecular complexity index is 896. The molecule has 2 aromatic carbocycles. The minimum atomic E-state index is -1.26. The van der Waals surface area contributed by atoms with Gasteiger partial charge in [-0.15, -0.1) is 0 Å². The van der Waals surface area contributed by atoms with E-state index in [4.69, 9.17) is 14.9 Å². The van der Waals surface area contributed by atoms with Gasteiger partial charge in [-0.1, -0.05) is 42.1 Å². The van der Waals surface area contributed by atoms with Crippen molar-refractivity contribution in [1.82, 2.24) is 4.90 Å². The SMILES string of the molecule is CN(C)CCOc1cccc2c1Sc1ccccc1CC2O.O=C(O)/C=C/C(=O)O. The second-order valence-corrected chi connectivity index (χ2v) is 7.82. The van der Waals surface area contributed by atoms with Gasteiger partial charge in [0.25, 0.3) is 0 Å². The normalized spacial score (nSPS) is 14.9. The van der Waals surface area contributed by atoms with E-state index >= 15 is 0 Å². The average molecular weight is 432 g/mol. The molecule has 1 unspecified atom stereocenters. The number of fused-ring (bicyclic) bond motifs is 2. The summed E-state index contributed by atoms with van der Waals surface area (Å²) in [5.74, 6) is -1.65. The van der Waals surface area contributed by atoms with Gasteiger partial charge in [0.05, 0.1) is 11.0 Å². The Kier molecular flexibility index (Phi) is 8.91. The van der Waals surface area contributed by atoms with E-state index in [-0.39, 0.29) is 0 Å². The summed E-state index contributed by atoms with van der Waals surface area (Å²) >= 11 is 1.69. The number of hydrogen-bond donors (Lipinski definition) is 3. The first-order valence-corrected chi connectivity index (χ1v) is 10.1. The summed E-state index contributed by atoms with van der Waals surface area (Å²) in [7, 11) is 4.06. The third kappa shape index (κ3) is 7.22. The lowest BCUT2D eigenvalue weighted by Gasteiger charge is -2.17. The van der Waals surface area contributed by atoms with Crippen molar-refractivity contribution in [3.8, 4) is 5.75 Å². The van der Waals surface area contributed by atoms with E-state index in [1.165, 1.54) is 10.5 Å². The molecule has 0 aromatic heterocycles. The summed E-state index contributed by atoms with van der Waals surface area (Å²) in [5, 5.41) is 26.2. The van der Waals surface area contributed by atoms with Crippen LogP contribution in [0.2, 0.25) is 0 Å². The first-order valence-electron chi connectivity index (χ1n) is 9.26. The van der Waals surface area contributed by atoms with E-state index in [1.54, 1.807) is 11.8 Å². The topological polar surface area (TPSA) is 107 Å². The zero-order valence-electron chi connectivity index (χ0n) is 16.8. The molecule has 8 heteroatoms. The molecule has 30 heavy (non-hydrogen) atoms. The Labute approximate surface area is 179 Å². The molecule has 3 N–H and O–H groups in total. The summed E-state index contributed by atoms with van der Waals surface area (Å²) in [6.45, 7) is 1.51. The van der Waals surface area contributed by atoms with Gasteiger partial charge in [0.2, 0.25) is 0 Å². The molecule has 2 aromatic rings. The predicted octanol–water partition coefficient (Wildman–Crippen LogP) is 3.08. The van der Waals surface area contributed by atoms with Gasteiger partial charge in [-0.25, -0.2) is 9.59 Å². The Morgan fingerprint density at radius 3 is 2.40 bits per heavy atom.